The number of nitrogens with zero attached hydrogens (tertiary/aromatic N) is 2. The van der Waals surface area contributed by atoms with E-state index in [2.05, 4.69) is 46.5 Å². The lowest BCUT2D eigenvalue weighted by Gasteiger charge is -2.16. The molecule has 4 nitrogen and oxygen atoms in total. The first-order chi connectivity index (χ1) is 8.81. The lowest BCUT2D eigenvalue weighted by molar-refractivity contribution is 0.133. The number of nitrogens with one attached hydrogen (secondary N) is 1. The molecule has 18 heavy (non-hydrogen) atoms. The molecule has 1 aliphatic rings. The summed E-state index contributed by atoms with van der Waals surface area (Å²) in [5, 5.41) is 3.38. The van der Waals surface area contributed by atoms with E-state index in [4.69, 9.17) is 4.74 Å². The number of rotatable bonds is 5. The molecule has 0 aromatic heterocycles. The Hall–Kier alpha value is -1.55. The average Bonchev–Trinajstić information content (AvgIpc) is 2.80. The molecule has 0 unspecified atom stereocenters. The molecule has 0 saturated heterocycles. The summed E-state index contributed by atoms with van der Waals surface area (Å²) in [6, 6.07) is 8.37. The monoisotopic (exact) mass is 247 g/mol. The first-order valence-electron chi connectivity index (χ1n) is 6.45. The van der Waals surface area contributed by atoms with E-state index in [1.165, 1.54) is 11.1 Å². The first-order valence-corrected chi connectivity index (χ1v) is 6.45. The van der Waals surface area contributed by atoms with Crippen LogP contribution in [0, 0.1) is 0 Å². The molecule has 1 heterocycles. The van der Waals surface area contributed by atoms with Crippen LogP contribution in [0.4, 0.5) is 0 Å². The average molecular weight is 247 g/mol. The molecule has 0 saturated carbocycles. The Morgan fingerprint density at radius 3 is 2.78 bits per heavy atom. The van der Waals surface area contributed by atoms with Gasteiger partial charge in [0.15, 0.2) is 5.96 Å². The predicted octanol–water partition coefficient (Wildman–Crippen LogP) is 1.61. The van der Waals surface area contributed by atoms with Gasteiger partial charge in [0.2, 0.25) is 0 Å². The number of hydrogen-bond donors (Lipinski definition) is 1. The Kier molecular flexibility index (Phi) is 4.59. The smallest absolute Gasteiger partial charge is 0.194 e. The van der Waals surface area contributed by atoms with Crippen molar-refractivity contribution in [1.82, 2.24) is 10.2 Å². The summed E-state index contributed by atoms with van der Waals surface area (Å²) >= 11 is 0. The predicted molar refractivity (Wildman–Crippen MR) is 73.5 cm³/mol. The fourth-order valence-electron chi connectivity index (χ4n) is 1.98. The lowest BCUT2D eigenvalue weighted by atomic mass is 10.1. The molecule has 0 aliphatic carbocycles. The number of likely N-dealkylation sites (N-methyl/N-ethyl adjacent to an activating group) is 1. The van der Waals surface area contributed by atoms with Gasteiger partial charge in [0, 0.05) is 26.7 Å². The molecule has 4 heteroatoms. The van der Waals surface area contributed by atoms with Crippen molar-refractivity contribution in [2.24, 2.45) is 4.99 Å². The van der Waals surface area contributed by atoms with Crippen LogP contribution >= 0.6 is 0 Å². The van der Waals surface area contributed by atoms with Gasteiger partial charge in [-0.25, -0.2) is 0 Å². The molecule has 1 aliphatic heterocycles. The van der Waals surface area contributed by atoms with Gasteiger partial charge in [-0.15, -0.1) is 0 Å². The second-order valence-electron chi connectivity index (χ2n) is 4.39. The van der Waals surface area contributed by atoms with Gasteiger partial charge in [-0.1, -0.05) is 24.3 Å². The Morgan fingerprint density at radius 1 is 1.33 bits per heavy atom. The zero-order valence-electron chi connectivity index (χ0n) is 11.1. The van der Waals surface area contributed by atoms with Gasteiger partial charge in [0.1, 0.15) is 0 Å². The third-order valence-electron chi connectivity index (χ3n) is 3.08. The summed E-state index contributed by atoms with van der Waals surface area (Å²) in [7, 11) is 2.06. The minimum Gasteiger partial charge on any atom is -0.377 e. The van der Waals surface area contributed by atoms with E-state index in [0.717, 1.165) is 32.2 Å². The summed E-state index contributed by atoms with van der Waals surface area (Å²) in [6.45, 7) is 6.13. The molecule has 98 valence electrons. The maximum atomic E-state index is 5.48. The van der Waals surface area contributed by atoms with Crippen molar-refractivity contribution >= 4 is 5.96 Å². The van der Waals surface area contributed by atoms with E-state index in [1.807, 2.05) is 6.92 Å². The van der Waals surface area contributed by atoms with Crippen LogP contribution < -0.4 is 5.32 Å². The van der Waals surface area contributed by atoms with Crippen molar-refractivity contribution < 1.29 is 4.74 Å². The van der Waals surface area contributed by atoms with Crippen molar-refractivity contribution in [3.8, 4) is 0 Å². The maximum Gasteiger partial charge on any atom is 0.194 e. The Morgan fingerprint density at radius 2 is 2.11 bits per heavy atom. The second-order valence-corrected chi connectivity index (χ2v) is 4.39. The van der Waals surface area contributed by atoms with Crippen LogP contribution in [0.3, 0.4) is 0 Å². The van der Waals surface area contributed by atoms with Crippen molar-refractivity contribution in [1.29, 1.82) is 0 Å². The van der Waals surface area contributed by atoms with E-state index < -0.39 is 0 Å². The largest absolute Gasteiger partial charge is 0.377 e. The standard InChI is InChI=1S/C14H21N3O/c1-3-18-11-13-7-5-4-6-12(13)10-16-14-15-8-9-17(14)2/h4-7H,3,8-11H2,1-2H3,(H,15,16). The van der Waals surface area contributed by atoms with Crippen molar-refractivity contribution in [3.63, 3.8) is 0 Å². The molecular weight excluding hydrogens is 226 g/mol. The highest BCUT2D eigenvalue weighted by atomic mass is 16.5. The molecule has 0 bridgehead atoms. The van der Waals surface area contributed by atoms with Gasteiger partial charge in [0.05, 0.1) is 13.2 Å². The molecule has 0 fully saturated rings. The fourth-order valence-corrected chi connectivity index (χ4v) is 1.98. The number of aliphatic imine (C=N–C) groups is 1. The van der Waals surface area contributed by atoms with Crippen LogP contribution in [0.25, 0.3) is 0 Å². The summed E-state index contributed by atoms with van der Waals surface area (Å²) in [5.41, 5.74) is 2.52. The highest BCUT2D eigenvalue weighted by Crippen LogP contribution is 2.10. The number of benzene rings is 1. The van der Waals surface area contributed by atoms with E-state index in [1.54, 1.807) is 0 Å². The van der Waals surface area contributed by atoms with Crippen LogP contribution in [0.2, 0.25) is 0 Å². The van der Waals surface area contributed by atoms with E-state index >= 15 is 0 Å². The summed E-state index contributed by atoms with van der Waals surface area (Å²) in [6.07, 6.45) is 0. The Labute approximate surface area is 109 Å². The second kappa shape index (κ2) is 6.40. The lowest BCUT2D eigenvalue weighted by Crippen LogP contribution is -2.35. The highest BCUT2D eigenvalue weighted by Gasteiger charge is 2.12. The van der Waals surface area contributed by atoms with Crippen molar-refractivity contribution in [2.75, 3.05) is 26.7 Å². The zero-order valence-corrected chi connectivity index (χ0v) is 11.1. The molecule has 0 amide bonds. The topological polar surface area (TPSA) is 36.9 Å². The van der Waals surface area contributed by atoms with Gasteiger partial charge < -0.3 is 15.0 Å². The van der Waals surface area contributed by atoms with Gasteiger partial charge in [-0.2, -0.15) is 0 Å². The SMILES string of the molecule is CCOCc1ccccc1CNC1=NCCN1C. The molecule has 0 spiro atoms. The van der Waals surface area contributed by atoms with Gasteiger partial charge in [-0.3, -0.25) is 4.99 Å². The molecule has 0 atom stereocenters. The van der Waals surface area contributed by atoms with Gasteiger partial charge in [-0.05, 0) is 18.1 Å². The molecule has 1 N–H and O–H groups in total. The fraction of sp³-hybridized carbons (Fsp3) is 0.500. The van der Waals surface area contributed by atoms with E-state index in [9.17, 15) is 0 Å². The van der Waals surface area contributed by atoms with E-state index in [-0.39, 0.29) is 0 Å². The van der Waals surface area contributed by atoms with Crippen LogP contribution in [0.15, 0.2) is 29.3 Å². The quantitative estimate of drug-likeness (QED) is 0.859. The summed E-state index contributed by atoms with van der Waals surface area (Å²) in [4.78, 5) is 6.57. The van der Waals surface area contributed by atoms with Crippen LogP contribution in [0.1, 0.15) is 18.1 Å². The summed E-state index contributed by atoms with van der Waals surface area (Å²) < 4.78 is 5.48. The van der Waals surface area contributed by atoms with Gasteiger partial charge >= 0.3 is 0 Å². The minimum absolute atomic E-state index is 0.677. The third-order valence-corrected chi connectivity index (χ3v) is 3.08. The molecule has 1 aromatic rings. The molecule has 0 radical (unpaired) electrons. The molecule has 1 aromatic carbocycles. The molecule has 2 rings (SSSR count). The Balaban J connectivity index is 1.96. The first kappa shape index (κ1) is 12.9. The highest BCUT2D eigenvalue weighted by molar-refractivity contribution is 5.81. The zero-order chi connectivity index (χ0) is 12.8. The minimum atomic E-state index is 0.677. The number of ether oxygens (including phenoxy) is 1. The van der Waals surface area contributed by atoms with E-state index in [0.29, 0.717) is 6.61 Å². The van der Waals surface area contributed by atoms with Crippen molar-refractivity contribution in [2.45, 2.75) is 20.1 Å². The number of hydrogen-bond acceptors (Lipinski definition) is 4. The van der Waals surface area contributed by atoms with Crippen molar-refractivity contribution in [3.05, 3.63) is 35.4 Å². The maximum absolute atomic E-state index is 5.48. The number of guanidine groups is 1. The van der Waals surface area contributed by atoms with Crippen LogP contribution in [0.5, 0.6) is 0 Å². The van der Waals surface area contributed by atoms with Crippen LogP contribution in [-0.2, 0) is 17.9 Å². The Bertz CT molecular complexity index is 417. The molecular formula is C14H21N3O. The summed E-state index contributed by atoms with van der Waals surface area (Å²) in [5.74, 6) is 0.987. The normalized spacial score (nSPS) is 14.8. The third kappa shape index (κ3) is 3.23. The van der Waals surface area contributed by atoms with Gasteiger partial charge in [0.25, 0.3) is 0 Å². The van der Waals surface area contributed by atoms with Crippen LogP contribution in [-0.4, -0.2) is 37.6 Å².